The number of fused-ring (bicyclic) bond motifs is 1. The van der Waals surface area contributed by atoms with Crippen molar-refractivity contribution < 1.29 is 18.3 Å². The zero-order chi connectivity index (χ0) is 21.4. The van der Waals surface area contributed by atoms with Crippen LogP contribution in [0.1, 0.15) is 26.7 Å². The second-order valence-corrected chi connectivity index (χ2v) is 11.4. The van der Waals surface area contributed by atoms with E-state index in [4.69, 9.17) is 4.74 Å². The first-order valence-corrected chi connectivity index (χ1v) is 12.4. The van der Waals surface area contributed by atoms with E-state index in [2.05, 4.69) is 24.8 Å². The van der Waals surface area contributed by atoms with Crippen LogP contribution in [0, 0.1) is 17.3 Å². The monoisotopic (exact) mass is 434 g/mol. The van der Waals surface area contributed by atoms with Gasteiger partial charge in [-0.05, 0) is 47.8 Å². The lowest BCUT2D eigenvalue weighted by Gasteiger charge is -2.56. The van der Waals surface area contributed by atoms with Crippen LogP contribution < -0.4 is 0 Å². The summed E-state index contributed by atoms with van der Waals surface area (Å²) in [5, 5.41) is 10.4. The minimum atomic E-state index is -3.44. The molecule has 1 N–H and O–H groups in total. The topological polar surface area (TPSA) is 70.1 Å². The molecule has 1 aliphatic heterocycles. The lowest BCUT2D eigenvalue weighted by atomic mass is 9.49. The van der Waals surface area contributed by atoms with Gasteiger partial charge in [0.05, 0.1) is 24.2 Å². The fraction of sp³-hybridized carbons (Fsp3) is 0.652. The molecule has 4 aliphatic rings. The summed E-state index contributed by atoms with van der Waals surface area (Å²) in [6.45, 7) is 8.26. The molecule has 1 heterocycles. The number of aliphatic hydroxyl groups is 1. The Hall–Kier alpha value is -1.25. The van der Waals surface area contributed by atoms with E-state index in [1.165, 1.54) is 16.3 Å². The third-order valence-corrected chi connectivity index (χ3v) is 9.26. The van der Waals surface area contributed by atoms with E-state index in [9.17, 15) is 13.5 Å². The first-order chi connectivity index (χ1) is 14.3. The van der Waals surface area contributed by atoms with Crippen molar-refractivity contribution in [3.63, 3.8) is 0 Å². The Kier molecular flexibility index (Phi) is 6.38. The van der Waals surface area contributed by atoms with Gasteiger partial charge in [-0.15, -0.1) is 0 Å². The molecular formula is C23H34N2O4S. The van der Waals surface area contributed by atoms with Crippen LogP contribution in [0.25, 0.3) is 0 Å². The van der Waals surface area contributed by atoms with Crippen molar-refractivity contribution in [2.45, 2.75) is 37.7 Å². The number of β-amino-alcohol motifs (C(OH)–C–C–N with tert-alkyl or cyclic N) is 1. The maximum absolute atomic E-state index is 12.7. The van der Waals surface area contributed by atoms with Crippen LogP contribution in [0.2, 0.25) is 0 Å². The zero-order valence-corrected chi connectivity index (χ0v) is 18.9. The van der Waals surface area contributed by atoms with Crippen molar-refractivity contribution in [2.75, 3.05) is 45.9 Å². The van der Waals surface area contributed by atoms with Gasteiger partial charge in [0.1, 0.15) is 0 Å². The maximum atomic E-state index is 12.7. The molecule has 2 bridgehead atoms. The van der Waals surface area contributed by atoms with Gasteiger partial charge < -0.3 is 9.84 Å². The van der Waals surface area contributed by atoms with Gasteiger partial charge >= 0.3 is 0 Å². The molecule has 3 atom stereocenters. The second kappa shape index (κ2) is 8.71. The quantitative estimate of drug-likeness (QED) is 0.636. The Balaban J connectivity index is 1.19. The Morgan fingerprint density at radius 2 is 1.87 bits per heavy atom. The summed E-state index contributed by atoms with van der Waals surface area (Å²) >= 11 is 0. The first kappa shape index (κ1) is 22.0. The number of nitrogens with zero attached hydrogens (tertiary/aromatic N) is 2. The summed E-state index contributed by atoms with van der Waals surface area (Å²) in [6.07, 6.45) is 4.21. The van der Waals surface area contributed by atoms with Gasteiger partial charge in [0, 0.05) is 32.7 Å². The van der Waals surface area contributed by atoms with Crippen LogP contribution in [-0.2, 0) is 14.8 Å². The van der Waals surface area contributed by atoms with E-state index >= 15 is 0 Å². The van der Waals surface area contributed by atoms with Gasteiger partial charge in [0.25, 0.3) is 0 Å². The molecule has 3 aliphatic carbocycles. The van der Waals surface area contributed by atoms with E-state index in [1.807, 2.05) is 6.07 Å². The van der Waals surface area contributed by atoms with Crippen molar-refractivity contribution >= 4 is 10.0 Å². The molecular weight excluding hydrogens is 400 g/mol. The van der Waals surface area contributed by atoms with E-state index in [-0.39, 0.29) is 0 Å². The highest BCUT2D eigenvalue weighted by Gasteiger charge is 2.50. The minimum absolute atomic E-state index is 0.316. The Morgan fingerprint density at radius 3 is 2.50 bits per heavy atom. The number of piperazine rings is 1. The maximum Gasteiger partial charge on any atom is 0.243 e. The molecule has 0 radical (unpaired) electrons. The number of hydrogen-bond acceptors (Lipinski definition) is 5. The van der Waals surface area contributed by atoms with Crippen LogP contribution in [0.5, 0.6) is 0 Å². The van der Waals surface area contributed by atoms with Gasteiger partial charge in [-0.3, -0.25) is 4.90 Å². The molecule has 5 rings (SSSR count). The number of benzene rings is 1. The molecule has 1 saturated carbocycles. The summed E-state index contributed by atoms with van der Waals surface area (Å²) in [6, 6.07) is 8.57. The predicted molar refractivity (Wildman–Crippen MR) is 117 cm³/mol. The fourth-order valence-electron chi connectivity index (χ4n) is 5.20. The zero-order valence-electron chi connectivity index (χ0n) is 18.0. The smallest absolute Gasteiger partial charge is 0.243 e. The highest BCUT2D eigenvalue weighted by Crippen LogP contribution is 2.59. The summed E-state index contributed by atoms with van der Waals surface area (Å²) in [5.41, 5.74) is 1.79. The van der Waals surface area contributed by atoms with Crippen molar-refractivity contribution in [1.29, 1.82) is 0 Å². The largest absolute Gasteiger partial charge is 0.389 e. The molecule has 6 nitrogen and oxygen atoms in total. The summed E-state index contributed by atoms with van der Waals surface area (Å²) in [5.74, 6) is 1.45. The number of sulfonamides is 1. The van der Waals surface area contributed by atoms with Gasteiger partial charge in [-0.1, -0.05) is 38.1 Å². The SMILES string of the molecule is CC1(C)[C@H]2CC=C(COC[C@H](O)CN3CCN(S(=O)(=O)c4ccccc4)CC3)[C@@H]1C2. The fourth-order valence-corrected chi connectivity index (χ4v) is 6.64. The molecule has 0 unspecified atom stereocenters. The van der Waals surface area contributed by atoms with Crippen LogP contribution in [-0.4, -0.2) is 74.8 Å². The molecule has 2 fully saturated rings. The van der Waals surface area contributed by atoms with E-state index < -0.39 is 16.1 Å². The number of allylic oxidation sites excluding steroid dienone is 1. The van der Waals surface area contributed by atoms with Crippen LogP contribution in [0.4, 0.5) is 0 Å². The van der Waals surface area contributed by atoms with Gasteiger partial charge in [-0.25, -0.2) is 8.42 Å². The van der Waals surface area contributed by atoms with E-state index in [1.54, 1.807) is 24.3 Å². The molecule has 166 valence electrons. The van der Waals surface area contributed by atoms with Crippen LogP contribution >= 0.6 is 0 Å². The van der Waals surface area contributed by atoms with Crippen LogP contribution in [0.3, 0.4) is 0 Å². The number of hydrogen-bond donors (Lipinski definition) is 1. The normalized spacial score (nSPS) is 27.9. The van der Waals surface area contributed by atoms with E-state index in [0.29, 0.717) is 62.2 Å². The number of rotatable bonds is 8. The van der Waals surface area contributed by atoms with Gasteiger partial charge in [0.15, 0.2) is 0 Å². The molecule has 0 aromatic heterocycles. The molecule has 0 amide bonds. The van der Waals surface area contributed by atoms with E-state index in [0.717, 1.165) is 12.3 Å². The molecule has 1 saturated heterocycles. The lowest BCUT2D eigenvalue weighted by Crippen LogP contribution is -2.50. The summed E-state index contributed by atoms with van der Waals surface area (Å²) < 4.78 is 32.8. The number of aliphatic hydroxyl groups excluding tert-OH is 1. The molecule has 0 spiro atoms. The standard InChI is InChI=1S/C23H34N2O4S/c1-23(2)19-9-8-18(22(23)14-19)16-29-17-20(26)15-24-10-12-25(13-11-24)30(27,28)21-6-4-3-5-7-21/h3-8,19-20,22,26H,9-17H2,1-2H3/t19-,20+,22-/m0/s1. The molecule has 7 heteroatoms. The first-order valence-electron chi connectivity index (χ1n) is 11.0. The van der Waals surface area contributed by atoms with Crippen LogP contribution in [0.15, 0.2) is 46.9 Å². The molecule has 30 heavy (non-hydrogen) atoms. The highest BCUT2D eigenvalue weighted by atomic mass is 32.2. The predicted octanol–water partition coefficient (Wildman–Crippen LogP) is 2.36. The molecule has 1 aromatic carbocycles. The average molecular weight is 435 g/mol. The summed E-state index contributed by atoms with van der Waals surface area (Å²) in [4.78, 5) is 2.45. The second-order valence-electron chi connectivity index (χ2n) is 9.51. The highest BCUT2D eigenvalue weighted by molar-refractivity contribution is 7.89. The van der Waals surface area contributed by atoms with Gasteiger partial charge in [-0.2, -0.15) is 4.31 Å². The summed E-state index contributed by atoms with van der Waals surface area (Å²) in [7, 11) is -3.44. The lowest BCUT2D eigenvalue weighted by molar-refractivity contribution is -0.0268. The third-order valence-electron chi connectivity index (χ3n) is 7.34. The number of ether oxygens (including phenoxy) is 1. The average Bonchev–Trinajstić information content (AvgIpc) is 2.74. The van der Waals surface area contributed by atoms with Crippen molar-refractivity contribution in [2.24, 2.45) is 17.3 Å². The van der Waals surface area contributed by atoms with Crippen molar-refractivity contribution in [3.8, 4) is 0 Å². The Labute approximate surface area is 180 Å². The molecule has 1 aromatic rings. The Bertz CT molecular complexity index is 860. The minimum Gasteiger partial charge on any atom is -0.389 e. The van der Waals surface area contributed by atoms with Gasteiger partial charge in [0.2, 0.25) is 10.0 Å². The Morgan fingerprint density at radius 1 is 1.17 bits per heavy atom. The van der Waals surface area contributed by atoms with Crippen molar-refractivity contribution in [3.05, 3.63) is 42.0 Å². The third kappa shape index (κ3) is 4.36. The van der Waals surface area contributed by atoms with Crippen molar-refractivity contribution in [1.82, 2.24) is 9.21 Å².